The molecule has 160 valence electrons. The fourth-order valence-corrected chi connectivity index (χ4v) is 7.38. The molecule has 2 nitrogen and oxygen atoms in total. The number of ether oxygens (including phenoxy) is 2. The molecule has 0 unspecified atom stereocenters. The normalized spacial score (nSPS) is 39.1. The van der Waals surface area contributed by atoms with Crippen molar-refractivity contribution >= 4 is 15.9 Å². The lowest BCUT2D eigenvalue weighted by Gasteiger charge is -2.45. The van der Waals surface area contributed by atoms with Crippen LogP contribution >= 0.6 is 15.9 Å². The van der Waals surface area contributed by atoms with Gasteiger partial charge in [-0.2, -0.15) is 0 Å². The zero-order valence-electron chi connectivity index (χ0n) is 19.1. The van der Waals surface area contributed by atoms with Crippen molar-refractivity contribution in [3.8, 4) is 11.5 Å². The first-order valence-corrected chi connectivity index (χ1v) is 12.6. The summed E-state index contributed by atoms with van der Waals surface area (Å²) in [7, 11) is 0. The fourth-order valence-electron chi connectivity index (χ4n) is 6.79. The fraction of sp³-hybridized carbons (Fsp3) is 0.769. The molecule has 0 amide bonds. The summed E-state index contributed by atoms with van der Waals surface area (Å²) >= 11 is 3.96. The number of benzene rings is 1. The Morgan fingerprint density at radius 1 is 0.724 bits per heavy atom. The number of hydrogen-bond acceptors (Lipinski definition) is 2. The molecule has 0 atom stereocenters. The molecule has 4 aliphatic rings. The Morgan fingerprint density at radius 3 is 1.41 bits per heavy atom. The molecule has 0 radical (unpaired) electrons. The van der Waals surface area contributed by atoms with Gasteiger partial charge < -0.3 is 9.47 Å². The summed E-state index contributed by atoms with van der Waals surface area (Å²) in [4.78, 5) is 0. The minimum Gasteiger partial charge on any atom is -0.485 e. The van der Waals surface area contributed by atoms with Crippen LogP contribution in [-0.2, 0) is 10.8 Å². The second-order valence-electron chi connectivity index (χ2n) is 11.8. The highest BCUT2D eigenvalue weighted by atomic mass is 79.9. The SMILES string of the molecule is CC1CCC2(CC1)Oc1c(cc3c(c1Br)OC1(CCC(C)CC1)C3(C)C)C2(C)C. The van der Waals surface area contributed by atoms with Crippen LogP contribution in [0.1, 0.15) is 104 Å². The third-order valence-corrected chi connectivity index (χ3v) is 10.3. The number of fused-ring (bicyclic) bond motifs is 2. The molecule has 1 aromatic carbocycles. The summed E-state index contributed by atoms with van der Waals surface area (Å²) in [6, 6.07) is 2.47. The first kappa shape index (κ1) is 20.2. The largest absolute Gasteiger partial charge is 0.485 e. The van der Waals surface area contributed by atoms with Gasteiger partial charge in [0.15, 0.2) is 0 Å². The van der Waals surface area contributed by atoms with Crippen molar-refractivity contribution in [3.05, 3.63) is 21.7 Å². The van der Waals surface area contributed by atoms with Crippen molar-refractivity contribution in [2.45, 2.75) is 115 Å². The zero-order chi connectivity index (χ0) is 20.8. The van der Waals surface area contributed by atoms with E-state index in [0.29, 0.717) is 0 Å². The molecular formula is C26H37BrO2. The summed E-state index contributed by atoms with van der Waals surface area (Å²) in [5, 5.41) is 0. The predicted molar refractivity (Wildman–Crippen MR) is 122 cm³/mol. The molecule has 2 aliphatic heterocycles. The van der Waals surface area contributed by atoms with E-state index in [-0.39, 0.29) is 22.0 Å². The molecule has 3 heteroatoms. The molecule has 0 aromatic heterocycles. The standard InChI is InChI=1S/C26H37BrO2/c1-16-7-11-25(12-8-16)23(3,4)18-15-19-22(20(27)21(18)28-25)29-26(24(19,5)6)13-9-17(2)10-14-26/h15-17H,7-14H2,1-6H3. The van der Waals surface area contributed by atoms with Gasteiger partial charge in [0.1, 0.15) is 27.2 Å². The van der Waals surface area contributed by atoms with Gasteiger partial charge in [-0.25, -0.2) is 0 Å². The minimum absolute atomic E-state index is 0.0208. The molecular weight excluding hydrogens is 424 g/mol. The molecule has 5 rings (SSSR count). The van der Waals surface area contributed by atoms with Crippen molar-refractivity contribution in [2.24, 2.45) is 11.8 Å². The van der Waals surface area contributed by atoms with Crippen LogP contribution in [0.5, 0.6) is 11.5 Å². The third-order valence-electron chi connectivity index (χ3n) is 9.56. The number of rotatable bonds is 0. The quantitative estimate of drug-likeness (QED) is 0.394. The van der Waals surface area contributed by atoms with Crippen LogP contribution in [0.2, 0.25) is 0 Å². The summed E-state index contributed by atoms with van der Waals surface area (Å²) in [5.74, 6) is 3.74. The van der Waals surface area contributed by atoms with Crippen LogP contribution < -0.4 is 9.47 Å². The first-order chi connectivity index (χ1) is 13.5. The Labute approximate surface area is 185 Å². The lowest BCUT2D eigenvalue weighted by atomic mass is 9.61. The Kier molecular flexibility index (Phi) is 4.30. The maximum Gasteiger partial charge on any atom is 0.142 e. The molecule has 2 fully saturated rings. The molecule has 0 saturated heterocycles. The van der Waals surface area contributed by atoms with Gasteiger partial charge in [0.25, 0.3) is 0 Å². The van der Waals surface area contributed by atoms with Crippen LogP contribution in [0.4, 0.5) is 0 Å². The predicted octanol–water partition coefficient (Wildman–Crippen LogP) is 7.69. The van der Waals surface area contributed by atoms with Gasteiger partial charge in [0.2, 0.25) is 0 Å². The van der Waals surface area contributed by atoms with Crippen molar-refractivity contribution < 1.29 is 9.47 Å². The van der Waals surface area contributed by atoms with Gasteiger partial charge in [-0.05, 0) is 85.2 Å². The van der Waals surface area contributed by atoms with E-state index in [0.717, 1.165) is 53.5 Å². The van der Waals surface area contributed by atoms with Gasteiger partial charge in [-0.1, -0.05) is 41.5 Å². The average Bonchev–Trinajstić information content (AvgIpc) is 3.02. The van der Waals surface area contributed by atoms with Gasteiger partial charge in [0, 0.05) is 22.0 Å². The van der Waals surface area contributed by atoms with E-state index in [2.05, 4.69) is 63.5 Å². The molecule has 2 heterocycles. The van der Waals surface area contributed by atoms with E-state index in [1.807, 2.05) is 0 Å². The highest BCUT2D eigenvalue weighted by molar-refractivity contribution is 9.10. The number of halogens is 1. The molecule has 0 N–H and O–H groups in total. The van der Waals surface area contributed by atoms with Crippen LogP contribution in [0.25, 0.3) is 0 Å². The summed E-state index contributed by atoms with van der Waals surface area (Å²) in [6.07, 6.45) is 9.66. The third kappa shape index (κ3) is 2.52. The van der Waals surface area contributed by atoms with Crippen LogP contribution in [0.15, 0.2) is 10.5 Å². The molecule has 2 saturated carbocycles. The zero-order valence-corrected chi connectivity index (χ0v) is 20.7. The van der Waals surface area contributed by atoms with Crippen molar-refractivity contribution in [2.75, 3.05) is 0 Å². The van der Waals surface area contributed by atoms with Gasteiger partial charge >= 0.3 is 0 Å². The van der Waals surface area contributed by atoms with E-state index in [1.165, 1.54) is 36.8 Å². The second-order valence-corrected chi connectivity index (χ2v) is 12.5. The monoisotopic (exact) mass is 460 g/mol. The van der Waals surface area contributed by atoms with E-state index in [4.69, 9.17) is 9.47 Å². The second kappa shape index (κ2) is 6.17. The van der Waals surface area contributed by atoms with Crippen molar-refractivity contribution in [1.29, 1.82) is 0 Å². The molecule has 29 heavy (non-hydrogen) atoms. The van der Waals surface area contributed by atoms with E-state index < -0.39 is 0 Å². The molecule has 1 aromatic rings. The van der Waals surface area contributed by atoms with Gasteiger partial charge in [-0.15, -0.1) is 0 Å². The molecule has 2 spiro atoms. The van der Waals surface area contributed by atoms with Crippen LogP contribution in [-0.4, -0.2) is 11.2 Å². The summed E-state index contributed by atoms with van der Waals surface area (Å²) in [6.45, 7) is 14.4. The highest BCUT2D eigenvalue weighted by Crippen LogP contribution is 2.64. The highest BCUT2D eigenvalue weighted by Gasteiger charge is 2.60. The van der Waals surface area contributed by atoms with Crippen LogP contribution in [0.3, 0.4) is 0 Å². The van der Waals surface area contributed by atoms with Gasteiger partial charge in [0.05, 0.1) is 0 Å². The van der Waals surface area contributed by atoms with Gasteiger partial charge in [-0.3, -0.25) is 0 Å². The maximum absolute atomic E-state index is 6.89. The van der Waals surface area contributed by atoms with E-state index in [9.17, 15) is 0 Å². The summed E-state index contributed by atoms with van der Waals surface area (Å²) in [5.41, 5.74) is 2.68. The number of hydrogen-bond donors (Lipinski definition) is 0. The van der Waals surface area contributed by atoms with E-state index in [1.54, 1.807) is 0 Å². The van der Waals surface area contributed by atoms with E-state index >= 15 is 0 Å². The Hall–Kier alpha value is -0.700. The Morgan fingerprint density at radius 2 is 1.07 bits per heavy atom. The molecule has 2 aliphatic carbocycles. The topological polar surface area (TPSA) is 18.5 Å². The smallest absolute Gasteiger partial charge is 0.142 e. The minimum atomic E-state index is -0.0679. The first-order valence-electron chi connectivity index (χ1n) is 11.8. The average molecular weight is 461 g/mol. The molecule has 0 bridgehead atoms. The lowest BCUT2D eigenvalue weighted by molar-refractivity contribution is -0.0195. The maximum atomic E-state index is 6.89. The summed E-state index contributed by atoms with van der Waals surface area (Å²) < 4.78 is 14.8. The Balaban J connectivity index is 1.59. The van der Waals surface area contributed by atoms with Crippen molar-refractivity contribution in [3.63, 3.8) is 0 Å². The lowest BCUT2D eigenvalue weighted by Crippen LogP contribution is -2.51. The Bertz CT molecular complexity index is 771. The van der Waals surface area contributed by atoms with Crippen molar-refractivity contribution in [1.82, 2.24) is 0 Å². The van der Waals surface area contributed by atoms with Crippen LogP contribution in [0, 0.1) is 11.8 Å².